The van der Waals surface area contributed by atoms with Crippen LogP contribution in [0.15, 0.2) is 19.0 Å². The molecule has 0 radical (unpaired) electrons. The SMILES string of the molecule is C=CC(C)Nc1ncnc(Cl)c1OC. The average molecular weight is 214 g/mol. The molecule has 0 aromatic carbocycles. The third-order valence-electron chi connectivity index (χ3n) is 1.68. The van der Waals surface area contributed by atoms with E-state index in [0.717, 1.165) is 0 Å². The molecule has 76 valence electrons. The van der Waals surface area contributed by atoms with Crippen LogP contribution >= 0.6 is 11.6 Å². The standard InChI is InChI=1S/C9H12ClN3O/c1-4-6(2)13-9-7(14-3)8(10)11-5-12-9/h4-6H,1H2,2-3H3,(H,11,12,13). The summed E-state index contributed by atoms with van der Waals surface area (Å²) in [6.45, 7) is 5.60. The van der Waals surface area contributed by atoms with Crippen molar-refractivity contribution in [2.75, 3.05) is 12.4 Å². The predicted octanol–water partition coefficient (Wildman–Crippen LogP) is 2.12. The van der Waals surface area contributed by atoms with E-state index < -0.39 is 0 Å². The Bertz CT molecular complexity index is 330. The molecule has 1 rings (SSSR count). The van der Waals surface area contributed by atoms with Crippen LogP contribution in [0.1, 0.15) is 6.92 Å². The third-order valence-corrected chi connectivity index (χ3v) is 1.95. The molecule has 0 aliphatic heterocycles. The van der Waals surface area contributed by atoms with Gasteiger partial charge in [-0.05, 0) is 6.92 Å². The van der Waals surface area contributed by atoms with Gasteiger partial charge >= 0.3 is 0 Å². The number of hydrogen-bond donors (Lipinski definition) is 1. The van der Waals surface area contributed by atoms with E-state index >= 15 is 0 Å². The highest BCUT2D eigenvalue weighted by molar-refractivity contribution is 6.31. The number of halogens is 1. The van der Waals surface area contributed by atoms with Crippen LogP contribution in [0, 0.1) is 0 Å². The Hall–Kier alpha value is -1.29. The molecule has 0 saturated heterocycles. The molecule has 0 spiro atoms. The summed E-state index contributed by atoms with van der Waals surface area (Å²) >= 11 is 5.81. The van der Waals surface area contributed by atoms with E-state index in [4.69, 9.17) is 16.3 Å². The molecule has 1 atom stereocenters. The summed E-state index contributed by atoms with van der Waals surface area (Å²) in [4.78, 5) is 7.83. The van der Waals surface area contributed by atoms with Gasteiger partial charge in [0, 0.05) is 6.04 Å². The minimum absolute atomic E-state index is 0.0925. The van der Waals surface area contributed by atoms with Gasteiger partial charge < -0.3 is 10.1 Å². The number of aromatic nitrogens is 2. The summed E-state index contributed by atoms with van der Waals surface area (Å²) in [5, 5.41) is 3.37. The smallest absolute Gasteiger partial charge is 0.198 e. The Balaban J connectivity index is 2.95. The lowest BCUT2D eigenvalue weighted by Gasteiger charge is -2.13. The van der Waals surface area contributed by atoms with Crippen LogP contribution in [-0.4, -0.2) is 23.1 Å². The van der Waals surface area contributed by atoms with Crippen molar-refractivity contribution in [2.24, 2.45) is 0 Å². The highest BCUT2D eigenvalue weighted by atomic mass is 35.5. The molecule has 1 aromatic heterocycles. The average Bonchev–Trinajstić information content (AvgIpc) is 2.18. The van der Waals surface area contributed by atoms with E-state index in [1.54, 1.807) is 6.08 Å². The molecular formula is C9H12ClN3O. The van der Waals surface area contributed by atoms with Crippen molar-refractivity contribution < 1.29 is 4.74 Å². The maximum atomic E-state index is 5.81. The zero-order valence-corrected chi connectivity index (χ0v) is 8.88. The number of nitrogens with zero attached hydrogens (tertiary/aromatic N) is 2. The molecule has 0 fully saturated rings. The van der Waals surface area contributed by atoms with Gasteiger partial charge in [0.05, 0.1) is 7.11 Å². The summed E-state index contributed by atoms with van der Waals surface area (Å²) in [6.07, 6.45) is 3.14. The first-order chi connectivity index (χ1) is 6.69. The van der Waals surface area contributed by atoms with E-state index in [1.807, 2.05) is 6.92 Å². The van der Waals surface area contributed by atoms with Crippen molar-refractivity contribution in [3.63, 3.8) is 0 Å². The van der Waals surface area contributed by atoms with Gasteiger partial charge in [0.1, 0.15) is 6.33 Å². The Morgan fingerprint density at radius 3 is 2.93 bits per heavy atom. The first-order valence-corrected chi connectivity index (χ1v) is 4.50. The lowest BCUT2D eigenvalue weighted by molar-refractivity contribution is 0.412. The van der Waals surface area contributed by atoms with E-state index in [9.17, 15) is 0 Å². The number of methoxy groups -OCH3 is 1. The van der Waals surface area contributed by atoms with E-state index in [0.29, 0.717) is 16.7 Å². The number of hydrogen-bond acceptors (Lipinski definition) is 4. The fourth-order valence-electron chi connectivity index (χ4n) is 0.911. The van der Waals surface area contributed by atoms with Gasteiger partial charge in [-0.3, -0.25) is 0 Å². The summed E-state index contributed by atoms with van der Waals surface area (Å²) in [7, 11) is 1.52. The molecule has 5 heteroatoms. The monoisotopic (exact) mass is 213 g/mol. The lowest BCUT2D eigenvalue weighted by atomic mass is 10.3. The molecule has 0 amide bonds. The van der Waals surface area contributed by atoms with Gasteiger partial charge in [-0.25, -0.2) is 9.97 Å². The highest BCUT2D eigenvalue weighted by Gasteiger charge is 2.10. The molecule has 0 bridgehead atoms. The van der Waals surface area contributed by atoms with Crippen LogP contribution in [0.25, 0.3) is 0 Å². The Labute approximate surface area is 88.0 Å². The minimum atomic E-state index is 0.0925. The number of nitrogens with one attached hydrogen (secondary N) is 1. The van der Waals surface area contributed by atoms with Gasteiger partial charge in [-0.2, -0.15) is 0 Å². The Kier molecular flexibility index (Phi) is 3.71. The normalized spacial score (nSPS) is 11.9. The Morgan fingerprint density at radius 1 is 1.64 bits per heavy atom. The second kappa shape index (κ2) is 4.81. The van der Waals surface area contributed by atoms with Crippen molar-refractivity contribution in [1.82, 2.24) is 9.97 Å². The van der Waals surface area contributed by atoms with Gasteiger partial charge in [0.2, 0.25) is 0 Å². The molecule has 4 nitrogen and oxygen atoms in total. The van der Waals surface area contributed by atoms with Crippen molar-refractivity contribution in [3.8, 4) is 5.75 Å². The predicted molar refractivity (Wildman–Crippen MR) is 56.9 cm³/mol. The zero-order chi connectivity index (χ0) is 10.6. The van der Waals surface area contributed by atoms with E-state index in [2.05, 4.69) is 21.9 Å². The van der Waals surface area contributed by atoms with Crippen LogP contribution in [0.2, 0.25) is 5.15 Å². The van der Waals surface area contributed by atoms with Crippen LogP contribution < -0.4 is 10.1 Å². The van der Waals surface area contributed by atoms with Crippen LogP contribution in [0.4, 0.5) is 5.82 Å². The highest BCUT2D eigenvalue weighted by Crippen LogP contribution is 2.28. The van der Waals surface area contributed by atoms with Crippen LogP contribution in [0.3, 0.4) is 0 Å². The minimum Gasteiger partial charge on any atom is -0.490 e. The zero-order valence-electron chi connectivity index (χ0n) is 8.12. The molecule has 1 aromatic rings. The van der Waals surface area contributed by atoms with Crippen molar-refractivity contribution in [2.45, 2.75) is 13.0 Å². The second-order valence-electron chi connectivity index (χ2n) is 2.72. The maximum Gasteiger partial charge on any atom is 0.198 e. The van der Waals surface area contributed by atoms with Gasteiger partial charge in [0.15, 0.2) is 16.7 Å². The topological polar surface area (TPSA) is 47.0 Å². The largest absolute Gasteiger partial charge is 0.490 e. The fourth-order valence-corrected chi connectivity index (χ4v) is 1.12. The second-order valence-corrected chi connectivity index (χ2v) is 3.07. The molecular weight excluding hydrogens is 202 g/mol. The molecule has 1 heterocycles. The lowest BCUT2D eigenvalue weighted by Crippen LogP contribution is -2.13. The van der Waals surface area contributed by atoms with Crippen LogP contribution in [-0.2, 0) is 0 Å². The number of rotatable bonds is 4. The molecule has 0 aliphatic rings. The molecule has 0 aliphatic carbocycles. The van der Waals surface area contributed by atoms with Gasteiger partial charge in [-0.1, -0.05) is 17.7 Å². The van der Waals surface area contributed by atoms with Crippen LogP contribution in [0.5, 0.6) is 5.75 Å². The first-order valence-electron chi connectivity index (χ1n) is 4.12. The third kappa shape index (κ3) is 2.35. The maximum absolute atomic E-state index is 5.81. The molecule has 1 N–H and O–H groups in total. The summed E-state index contributed by atoms with van der Waals surface area (Å²) in [5.41, 5.74) is 0. The summed E-state index contributed by atoms with van der Waals surface area (Å²) in [6, 6.07) is 0.0925. The molecule has 14 heavy (non-hydrogen) atoms. The number of ether oxygens (including phenoxy) is 1. The van der Waals surface area contributed by atoms with Crippen molar-refractivity contribution >= 4 is 17.4 Å². The first kappa shape index (κ1) is 10.8. The number of anilines is 1. The van der Waals surface area contributed by atoms with Crippen molar-refractivity contribution in [1.29, 1.82) is 0 Å². The summed E-state index contributed by atoms with van der Waals surface area (Å²) in [5.74, 6) is 1.02. The Morgan fingerprint density at radius 2 is 2.36 bits per heavy atom. The van der Waals surface area contributed by atoms with Crippen molar-refractivity contribution in [3.05, 3.63) is 24.1 Å². The quantitative estimate of drug-likeness (QED) is 0.615. The van der Waals surface area contributed by atoms with Gasteiger partial charge in [0.25, 0.3) is 0 Å². The fraction of sp³-hybridized carbons (Fsp3) is 0.333. The summed E-state index contributed by atoms with van der Waals surface area (Å²) < 4.78 is 5.07. The van der Waals surface area contributed by atoms with Gasteiger partial charge in [-0.15, -0.1) is 6.58 Å². The molecule has 0 saturated carbocycles. The molecule has 1 unspecified atom stereocenters. The van der Waals surface area contributed by atoms with E-state index in [-0.39, 0.29) is 6.04 Å². The van der Waals surface area contributed by atoms with E-state index in [1.165, 1.54) is 13.4 Å².